The minimum absolute atomic E-state index is 0.346. The zero-order valence-corrected chi connectivity index (χ0v) is 33.3. The van der Waals surface area contributed by atoms with Crippen LogP contribution in [-0.2, 0) is 36.5 Å². The van der Waals surface area contributed by atoms with Crippen LogP contribution >= 0.6 is 0 Å². The van der Waals surface area contributed by atoms with E-state index in [-0.39, 0.29) is 21.7 Å². The van der Waals surface area contributed by atoms with Gasteiger partial charge in [-0.3, -0.25) is 0 Å². The molecule has 0 atom stereocenters. The third-order valence-electron chi connectivity index (χ3n) is 8.00. The molecule has 0 amide bonds. The monoisotopic (exact) mass is 652 g/mol. The summed E-state index contributed by atoms with van der Waals surface area (Å²) in [5.74, 6) is 1.09. The maximum Gasteiger partial charge on any atom is 0.514 e. The van der Waals surface area contributed by atoms with Gasteiger partial charge in [-0.2, -0.15) is 0 Å². The first-order valence-electron chi connectivity index (χ1n) is 16.9. The molecule has 0 N–H and O–H groups in total. The van der Waals surface area contributed by atoms with Gasteiger partial charge < -0.3 is 18.9 Å². The van der Waals surface area contributed by atoms with Gasteiger partial charge >= 0.3 is 12.3 Å². The minimum atomic E-state index is -0.717. The Kier molecular flexibility index (Phi) is 10.9. The molecule has 2 rings (SSSR count). The fourth-order valence-electron chi connectivity index (χ4n) is 5.30. The third-order valence-corrected chi connectivity index (χ3v) is 8.00. The van der Waals surface area contributed by atoms with E-state index in [4.69, 9.17) is 18.9 Å². The fraction of sp³-hybridized carbons (Fsp3) is 0.659. The van der Waals surface area contributed by atoms with Gasteiger partial charge in [0.2, 0.25) is 0 Å². The van der Waals surface area contributed by atoms with Crippen LogP contribution in [-0.4, -0.2) is 23.5 Å². The number of carbonyl (C=O) groups is 2. The van der Waals surface area contributed by atoms with E-state index in [0.29, 0.717) is 11.5 Å². The lowest BCUT2D eigenvalue weighted by molar-refractivity contribution is 0.0186. The summed E-state index contributed by atoms with van der Waals surface area (Å²) in [6, 6.07) is 8.70. The largest absolute Gasteiger partial charge is 0.514 e. The van der Waals surface area contributed by atoms with Gasteiger partial charge in [-0.25, -0.2) is 9.59 Å². The van der Waals surface area contributed by atoms with Gasteiger partial charge in [0.15, 0.2) is 0 Å². The lowest BCUT2D eigenvalue weighted by atomic mass is 9.69. The summed E-state index contributed by atoms with van der Waals surface area (Å²) in [5, 5.41) is 0. The molecule has 0 bridgehead atoms. The molecule has 0 aliphatic rings. The van der Waals surface area contributed by atoms with Gasteiger partial charge in [0, 0.05) is 27.7 Å². The van der Waals surface area contributed by atoms with Gasteiger partial charge in [-0.1, -0.05) is 121 Å². The molecular weight excluding hydrogens is 588 g/mol. The smallest absolute Gasteiger partial charge is 0.428 e. The van der Waals surface area contributed by atoms with Crippen molar-refractivity contribution >= 4 is 12.3 Å². The van der Waals surface area contributed by atoms with E-state index >= 15 is 0 Å². The van der Waals surface area contributed by atoms with Crippen molar-refractivity contribution in [1.29, 1.82) is 0 Å². The molecule has 0 aliphatic carbocycles. The van der Waals surface area contributed by atoms with E-state index < -0.39 is 28.9 Å². The summed E-state index contributed by atoms with van der Waals surface area (Å²) in [4.78, 5) is 26.1. The van der Waals surface area contributed by atoms with Gasteiger partial charge in [-0.05, 0) is 74.3 Å². The van der Waals surface area contributed by atoms with E-state index in [1.165, 1.54) is 0 Å². The molecule has 0 unspecified atom stereocenters. The van der Waals surface area contributed by atoms with Crippen LogP contribution in [0.3, 0.4) is 0 Å². The summed E-state index contributed by atoms with van der Waals surface area (Å²) in [5.41, 5.74) is 2.64. The fourth-order valence-corrected chi connectivity index (χ4v) is 5.30. The average Bonchev–Trinajstić information content (AvgIpc) is 2.78. The molecule has 2 aromatic rings. The van der Waals surface area contributed by atoms with E-state index in [1.807, 2.05) is 41.5 Å². The van der Waals surface area contributed by atoms with Crippen LogP contribution in [0.5, 0.6) is 11.5 Å². The number of ether oxygens (including phenoxy) is 4. The number of hydrogen-bond acceptors (Lipinski definition) is 6. The first kappa shape index (κ1) is 40.2. The Morgan fingerprint density at radius 3 is 0.787 bits per heavy atom. The number of hydrogen-bond donors (Lipinski definition) is 0. The molecule has 6 heteroatoms. The molecule has 0 aliphatic heterocycles. The maximum atomic E-state index is 13.0. The number of carbonyl (C=O) groups excluding carboxylic acids is 2. The third kappa shape index (κ3) is 10.5. The standard InChI is InChI=1S/C41H64O6/c1-35(2,3)27-21-25(22-28(36(4,5)6)31(27)44-33(42)46-39(13,14)15)41(19,20)26-23-29(37(7,8)9)32(30(24-26)38(10,11)12)45-34(43)47-40(16,17)18/h21-24H,1-20H3. The van der Waals surface area contributed by atoms with Crippen LogP contribution in [0.25, 0.3) is 0 Å². The minimum Gasteiger partial charge on any atom is -0.428 e. The van der Waals surface area contributed by atoms with Crippen LogP contribution in [0.15, 0.2) is 24.3 Å². The summed E-state index contributed by atoms with van der Waals surface area (Å²) >= 11 is 0. The molecule has 47 heavy (non-hydrogen) atoms. The molecule has 0 heterocycles. The molecule has 0 saturated heterocycles. The second-order valence-electron chi connectivity index (χ2n) is 19.6. The topological polar surface area (TPSA) is 71.1 Å². The Balaban J connectivity index is 2.99. The van der Waals surface area contributed by atoms with Crippen LogP contribution in [0.2, 0.25) is 0 Å². The van der Waals surface area contributed by atoms with Crippen molar-refractivity contribution in [3.8, 4) is 11.5 Å². The SMILES string of the molecule is CC(C)(C)OC(=O)Oc1c(C(C)(C)C)cc(C(C)(C)c2cc(C(C)(C)C)c(OC(=O)OC(C)(C)C)c(C(C)(C)C)c2)cc1C(C)(C)C. The average molecular weight is 653 g/mol. The van der Waals surface area contributed by atoms with Crippen LogP contribution in [0.1, 0.15) is 172 Å². The summed E-state index contributed by atoms with van der Waals surface area (Å²) < 4.78 is 23.3. The number of benzene rings is 2. The van der Waals surface area contributed by atoms with Crippen LogP contribution in [0.4, 0.5) is 9.59 Å². The maximum absolute atomic E-state index is 13.0. The lowest BCUT2D eigenvalue weighted by Gasteiger charge is -2.36. The Morgan fingerprint density at radius 2 is 0.617 bits per heavy atom. The second kappa shape index (κ2) is 12.8. The summed E-state index contributed by atoms with van der Waals surface area (Å²) in [7, 11) is 0. The van der Waals surface area contributed by atoms with Gasteiger partial charge in [0.1, 0.15) is 22.7 Å². The highest BCUT2D eigenvalue weighted by molar-refractivity contribution is 5.69. The molecule has 0 saturated carbocycles. The first-order valence-corrected chi connectivity index (χ1v) is 16.9. The molecule has 0 spiro atoms. The number of rotatable bonds is 4. The van der Waals surface area contributed by atoms with Crippen LogP contribution < -0.4 is 9.47 Å². The Hall–Kier alpha value is -3.02. The normalized spacial score (nSPS) is 13.7. The predicted octanol–water partition coefficient (Wildman–Crippen LogP) is 11.8. The molecule has 0 radical (unpaired) electrons. The molecule has 2 aromatic carbocycles. The lowest BCUT2D eigenvalue weighted by Crippen LogP contribution is -2.30. The van der Waals surface area contributed by atoms with E-state index in [9.17, 15) is 9.59 Å². The van der Waals surface area contributed by atoms with Crippen molar-refractivity contribution in [2.75, 3.05) is 0 Å². The molecule has 6 nitrogen and oxygen atoms in total. The van der Waals surface area contributed by atoms with E-state index in [1.54, 1.807) is 0 Å². The summed E-state index contributed by atoms with van der Waals surface area (Å²) in [6.45, 7) is 41.0. The van der Waals surface area contributed by atoms with Gasteiger partial charge in [0.25, 0.3) is 0 Å². The highest BCUT2D eigenvalue weighted by atomic mass is 16.7. The highest BCUT2D eigenvalue weighted by Crippen LogP contribution is 2.48. The summed E-state index contributed by atoms with van der Waals surface area (Å²) in [6.07, 6.45) is -1.43. The van der Waals surface area contributed by atoms with Crippen molar-refractivity contribution in [2.45, 2.75) is 177 Å². The van der Waals surface area contributed by atoms with Crippen molar-refractivity contribution in [3.05, 3.63) is 57.6 Å². The van der Waals surface area contributed by atoms with E-state index in [0.717, 1.165) is 33.4 Å². The van der Waals surface area contributed by atoms with Gasteiger partial charge in [0.05, 0.1) is 0 Å². The molecule has 0 fully saturated rings. The van der Waals surface area contributed by atoms with Crippen LogP contribution in [0, 0.1) is 0 Å². The van der Waals surface area contributed by atoms with Crippen molar-refractivity contribution in [1.82, 2.24) is 0 Å². The Bertz CT molecular complexity index is 1290. The first-order chi connectivity index (χ1) is 20.6. The highest BCUT2D eigenvalue weighted by Gasteiger charge is 2.37. The molecule has 264 valence electrons. The van der Waals surface area contributed by atoms with Crippen molar-refractivity contribution in [3.63, 3.8) is 0 Å². The molecular formula is C41H64O6. The van der Waals surface area contributed by atoms with Crippen molar-refractivity contribution in [2.24, 2.45) is 0 Å². The van der Waals surface area contributed by atoms with E-state index in [2.05, 4.69) is 121 Å². The van der Waals surface area contributed by atoms with Crippen molar-refractivity contribution < 1.29 is 28.5 Å². The zero-order valence-electron chi connectivity index (χ0n) is 33.3. The predicted molar refractivity (Wildman–Crippen MR) is 194 cm³/mol. The van der Waals surface area contributed by atoms with Gasteiger partial charge in [-0.15, -0.1) is 0 Å². The second-order valence-corrected chi connectivity index (χ2v) is 19.6. The Labute approximate surface area is 286 Å². The molecule has 0 aromatic heterocycles. The Morgan fingerprint density at radius 1 is 0.404 bits per heavy atom. The quantitative estimate of drug-likeness (QED) is 0.242. The zero-order chi connectivity index (χ0) is 36.9.